The van der Waals surface area contributed by atoms with Crippen LogP contribution in [-0.4, -0.2) is 89.3 Å². The van der Waals surface area contributed by atoms with Crippen LogP contribution >= 0.6 is 0 Å². The Labute approximate surface area is 288 Å². The lowest BCUT2D eigenvalue weighted by atomic mass is 9.97. The van der Waals surface area contributed by atoms with E-state index in [2.05, 4.69) is 34.8 Å². The van der Waals surface area contributed by atoms with Gasteiger partial charge in [-0.25, -0.2) is 0 Å². The Hall–Kier alpha value is -4.64. The molecule has 0 aliphatic carbocycles. The number of nitrogens with one attached hydrogen (secondary N) is 4. The summed E-state index contributed by atoms with van der Waals surface area (Å²) >= 11 is 0. The molecule has 49 heavy (non-hydrogen) atoms. The Morgan fingerprint density at radius 3 is 2.47 bits per heavy atom. The van der Waals surface area contributed by atoms with Crippen LogP contribution in [-0.2, 0) is 25.6 Å². The third kappa shape index (κ3) is 8.33. The average molecular weight is 671 g/mol. The van der Waals surface area contributed by atoms with Crippen LogP contribution in [0.3, 0.4) is 0 Å². The Morgan fingerprint density at radius 1 is 1.04 bits per heavy atom. The molecule has 1 aromatic heterocycles. The van der Waals surface area contributed by atoms with E-state index < -0.39 is 36.2 Å². The quantitative estimate of drug-likeness (QED) is 0.259. The Balaban J connectivity index is 1.51. The van der Waals surface area contributed by atoms with Crippen LogP contribution in [0.2, 0.25) is 0 Å². The van der Waals surface area contributed by atoms with Gasteiger partial charge in [0.25, 0.3) is 0 Å². The first kappa shape index (κ1) is 35.7. The second-order valence-corrected chi connectivity index (χ2v) is 13.9. The van der Waals surface area contributed by atoms with E-state index in [1.807, 2.05) is 87.6 Å². The van der Waals surface area contributed by atoms with Gasteiger partial charge in [-0.2, -0.15) is 0 Å². The molecule has 3 aromatic rings. The molecule has 3 aliphatic rings. The number of hydrogen-bond donors (Lipinski definition) is 4. The number of aromatic nitrogens is 1. The van der Waals surface area contributed by atoms with Gasteiger partial charge >= 0.3 is 0 Å². The SMILES string of the molecule is CCC(C)C1NC(=O)C2C(CCN2C(=O)C(Cc2c[nH]c3ccccc23)NC(=O)C(CC(C)C)N(C)C)Oc2ccc(cc2)/C=C\NC1=O. The summed E-state index contributed by atoms with van der Waals surface area (Å²) in [6.45, 7) is 8.23. The molecule has 262 valence electrons. The van der Waals surface area contributed by atoms with Gasteiger partial charge in [0.05, 0.1) is 6.04 Å². The van der Waals surface area contributed by atoms with Crippen molar-refractivity contribution in [2.75, 3.05) is 20.6 Å². The molecule has 4 heterocycles. The van der Waals surface area contributed by atoms with Gasteiger partial charge in [-0.15, -0.1) is 0 Å². The molecule has 0 radical (unpaired) electrons. The molecule has 4 N–H and O–H groups in total. The molecule has 6 atom stereocenters. The molecular formula is C38H50N6O5. The van der Waals surface area contributed by atoms with Gasteiger partial charge in [-0.05, 0) is 67.8 Å². The Morgan fingerprint density at radius 2 is 1.78 bits per heavy atom. The van der Waals surface area contributed by atoms with E-state index >= 15 is 0 Å². The van der Waals surface area contributed by atoms with Crippen LogP contribution in [0.5, 0.6) is 5.75 Å². The first-order valence-electron chi connectivity index (χ1n) is 17.3. The summed E-state index contributed by atoms with van der Waals surface area (Å²) in [6.07, 6.45) is 6.43. The lowest BCUT2D eigenvalue weighted by Gasteiger charge is -2.33. The minimum atomic E-state index is -1.03. The third-order valence-electron chi connectivity index (χ3n) is 9.69. The van der Waals surface area contributed by atoms with E-state index in [0.717, 1.165) is 22.0 Å². The number of nitrogens with zero attached hydrogens (tertiary/aromatic N) is 2. The van der Waals surface area contributed by atoms with Crippen molar-refractivity contribution in [2.45, 2.75) is 83.6 Å². The van der Waals surface area contributed by atoms with E-state index in [4.69, 9.17) is 4.74 Å². The molecule has 2 bridgehead atoms. The van der Waals surface area contributed by atoms with Crippen LogP contribution in [0.4, 0.5) is 0 Å². The first-order chi connectivity index (χ1) is 23.5. The lowest BCUT2D eigenvalue weighted by Crippen LogP contribution is -2.60. The molecule has 4 amide bonds. The summed E-state index contributed by atoms with van der Waals surface area (Å²) in [5, 5.41) is 9.82. The predicted molar refractivity (Wildman–Crippen MR) is 190 cm³/mol. The fourth-order valence-electron chi connectivity index (χ4n) is 6.72. The minimum absolute atomic E-state index is 0.175. The maximum Gasteiger partial charge on any atom is 0.247 e. The Kier molecular flexibility index (Phi) is 11.4. The smallest absolute Gasteiger partial charge is 0.247 e. The van der Waals surface area contributed by atoms with Crippen LogP contribution in [0, 0.1) is 11.8 Å². The van der Waals surface area contributed by atoms with Crippen molar-refractivity contribution in [1.29, 1.82) is 0 Å². The first-order valence-corrected chi connectivity index (χ1v) is 17.3. The highest BCUT2D eigenvalue weighted by molar-refractivity contribution is 5.96. The van der Waals surface area contributed by atoms with Crippen molar-refractivity contribution < 1.29 is 23.9 Å². The van der Waals surface area contributed by atoms with Crippen molar-refractivity contribution in [3.8, 4) is 5.75 Å². The van der Waals surface area contributed by atoms with Gasteiger partial charge in [0, 0.05) is 42.7 Å². The highest BCUT2D eigenvalue weighted by Crippen LogP contribution is 2.28. The van der Waals surface area contributed by atoms with Crippen LogP contribution in [0.15, 0.2) is 60.9 Å². The zero-order valence-electron chi connectivity index (χ0n) is 29.4. The molecule has 3 aliphatic heterocycles. The van der Waals surface area contributed by atoms with E-state index in [9.17, 15) is 19.2 Å². The number of para-hydroxylation sites is 1. The molecule has 2 aromatic carbocycles. The average Bonchev–Trinajstić information content (AvgIpc) is 3.69. The summed E-state index contributed by atoms with van der Waals surface area (Å²) < 4.78 is 6.40. The van der Waals surface area contributed by atoms with E-state index in [0.29, 0.717) is 25.0 Å². The van der Waals surface area contributed by atoms with E-state index in [1.54, 1.807) is 12.3 Å². The minimum Gasteiger partial charge on any atom is -0.488 e. The maximum atomic E-state index is 14.8. The predicted octanol–water partition coefficient (Wildman–Crippen LogP) is 3.85. The molecule has 1 saturated heterocycles. The van der Waals surface area contributed by atoms with Gasteiger partial charge < -0.3 is 30.6 Å². The number of carbonyl (C=O) groups is 4. The molecular weight excluding hydrogens is 620 g/mol. The molecule has 0 spiro atoms. The molecule has 1 fully saturated rings. The van der Waals surface area contributed by atoms with Gasteiger partial charge in [-0.3, -0.25) is 24.1 Å². The number of amides is 4. The second-order valence-electron chi connectivity index (χ2n) is 13.9. The number of likely N-dealkylation sites (N-methyl/N-ethyl adjacent to an activating group) is 1. The monoisotopic (exact) mass is 670 g/mol. The van der Waals surface area contributed by atoms with E-state index in [1.165, 1.54) is 4.90 Å². The highest BCUT2D eigenvalue weighted by Gasteiger charge is 2.47. The van der Waals surface area contributed by atoms with Gasteiger partial charge in [-0.1, -0.05) is 64.4 Å². The zero-order valence-corrected chi connectivity index (χ0v) is 29.4. The topological polar surface area (TPSA) is 136 Å². The standard InChI is InChI=1S/C38H50N6O5/c1-7-24(4)33-36(46)39-18-16-25-12-14-27(15-13-25)49-32-17-19-44(34(32)37(47)42-33)38(48)30(41-35(45)31(43(5)6)20-23(2)3)21-26-22-40-29-11-9-8-10-28(26)29/h8-16,18,22-24,30-34,40H,7,17,19-21H2,1-6H3,(H,39,46)(H,41,45)(H,42,47)/b18-16-. The van der Waals surface area contributed by atoms with Crippen molar-refractivity contribution in [1.82, 2.24) is 30.7 Å². The molecule has 0 saturated carbocycles. The number of likely N-dealkylation sites (tertiary alicyclic amines) is 1. The zero-order chi connectivity index (χ0) is 35.2. The van der Waals surface area contributed by atoms with Gasteiger partial charge in [0.15, 0.2) is 0 Å². The van der Waals surface area contributed by atoms with Crippen LogP contribution < -0.4 is 20.7 Å². The number of aromatic amines is 1. The number of H-pyrrole nitrogens is 1. The third-order valence-corrected chi connectivity index (χ3v) is 9.69. The lowest BCUT2D eigenvalue weighted by molar-refractivity contribution is -0.144. The fraction of sp³-hybridized carbons (Fsp3) is 0.474. The van der Waals surface area contributed by atoms with Crippen molar-refractivity contribution in [2.24, 2.45) is 11.8 Å². The number of rotatable bonds is 10. The number of fused-ring (bicyclic) bond motifs is 8. The molecule has 6 unspecified atom stereocenters. The summed E-state index contributed by atoms with van der Waals surface area (Å²) in [5.74, 6) is -0.795. The summed E-state index contributed by atoms with van der Waals surface area (Å²) in [5.41, 5.74) is 2.68. The summed E-state index contributed by atoms with van der Waals surface area (Å²) in [4.78, 5) is 62.9. The number of ether oxygens (including phenoxy) is 1. The van der Waals surface area contributed by atoms with E-state index in [-0.39, 0.29) is 42.5 Å². The van der Waals surface area contributed by atoms with Crippen LogP contribution in [0.1, 0.15) is 58.1 Å². The molecule has 11 nitrogen and oxygen atoms in total. The fourth-order valence-corrected chi connectivity index (χ4v) is 6.72. The highest BCUT2D eigenvalue weighted by atomic mass is 16.5. The largest absolute Gasteiger partial charge is 0.488 e. The second kappa shape index (κ2) is 15.7. The van der Waals surface area contributed by atoms with Gasteiger partial charge in [0.2, 0.25) is 23.6 Å². The normalized spacial score (nSPS) is 22.1. The maximum absolute atomic E-state index is 14.8. The van der Waals surface area contributed by atoms with Crippen LogP contribution in [0.25, 0.3) is 17.0 Å². The summed E-state index contributed by atoms with van der Waals surface area (Å²) in [7, 11) is 3.72. The summed E-state index contributed by atoms with van der Waals surface area (Å²) in [6, 6.07) is 11.9. The molecule has 6 rings (SSSR count). The van der Waals surface area contributed by atoms with Crippen molar-refractivity contribution in [3.05, 3.63) is 72.1 Å². The number of benzene rings is 2. The number of hydrogen-bond acceptors (Lipinski definition) is 6. The molecule has 11 heteroatoms. The number of carbonyl (C=O) groups excluding carboxylic acids is 4. The van der Waals surface area contributed by atoms with Crippen molar-refractivity contribution >= 4 is 40.6 Å². The Bertz CT molecular complexity index is 1660. The van der Waals surface area contributed by atoms with Crippen molar-refractivity contribution in [3.63, 3.8) is 0 Å². The van der Waals surface area contributed by atoms with Gasteiger partial charge in [0.1, 0.15) is 30.0 Å².